The molecule has 1 aromatic carbocycles. The van der Waals surface area contributed by atoms with Crippen molar-refractivity contribution >= 4 is 5.84 Å². The first-order valence-electron chi connectivity index (χ1n) is 7.91. The minimum absolute atomic E-state index is 0.113. The Hall–Kier alpha value is -1.55. The molecule has 21 heavy (non-hydrogen) atoms. The maximum atomic E-state index is 7.61. The van der Waals surface area contributed by atoms with E-state index >= 15 is 0 Å². The third-order valence-corrected chi connectivity index (χ3v) is 4.44. The molecule has 1 aromatic rings. The SMILES string of the molecule is CCC1CCCCCN1Cc1cc(C(=N)N)ccc1OC. The van der Waals surface area contributed by atoms with Crippen LogP contribution in [0.1, 0.15) is 50.2 Å². The normalized spacial score (nSPS) is 20.0. The highest BCUT2D eigenvalue weighted by Gasteiger charge is 2.21. The Morgan fingerprint density at radius 1 is 1.38 bits per heavy atom. The molecule has 0 spiro atoms. The lowest BCUT2D eigenvalue weighted by atomic mass is 10.0. The number of amidine groups is 1. The Labute approximate surface area is 127 Å². The molecule has 0 bridgehead atoms. The highest BCUT2D eigenvalue weighted by molar-refractivity contribution is 5.95. The van der Waals surface area contributed by atoms with Gasteiger partial charge in [-0.3, -0.25) is 10.3 Å². The predicted molar refractivity (Wildman–Crippen MR) is 87.0 cm³/mol. The predicted octanol–water partition coefficient (Wildman–Crippen LogP) is 3.13. The van der Waals surface area contributed by atoms with Crippen LogP contribution in [-0.4, -0.2) is 30.4 Å². The van der Waals surface area contributed by atoms with Crippen molar-refractivity contribution in [1.29, 1.82) is 5.41 Å². The summed E-state index contributed by atoms with van der Waals surface area (Å²) in [5, 5.41) is 7.61. The molecular weight excluding hydrogens is 262 g/mol. The van der Waals surface area contributed by atoms with E-state index in [1.807, 2.05) is 18.2 Å². The average Bonchev–Trinajstić information content (AvgIpc) is 2.72. The Kier molecular flexibility index (Phi) is 5.62. The summed E-state index contributed by atoms with van der Waals surface area (Å²) in [7, 11) is 1.70. The van der Waals surface area contributed by atoms with Crippen LogP contribution in [0.25, 0.3) is 0 Å². The van der Waals surface area contributed by atoms with Gasteiger partial charge in [0.15, 0.2) is 0 Å². The third kappa shape index (κ3) is 3.97. The van der Waals surface area contributed by atoms with Crippen LogP contribution in [-0.2, 0) is 6.54 Å². The van der Waals surface area contributed by atoms with E-state index in [1.165, 1.54) is 32.1 Å². The number of ether oxygens (including phenoxy) is 1. The molecule has 4 heteroatoms. The minimum atomic E-state index is 0.113. The molecule has 0 aromatic heterocycles. The lowest BCUT2D eigenvalue weighted by Gasteiger charge is -2.29. The number of benzene rings is 1. The Balaban J connectivity index is 2.23. The second kappa shape index (κ2) is 7.46. The molecule has 116 valence electrons. The maximum absolute atomic E-state index is 7.61. The van der Waals surface area contributed by atoms with Crippen LogP contribution in [0.5, 0.6) is 5.75 Å². The van der Waals surface area contributed by atoms with Crippen LogP contribution < -0.4 is 10.5 Å². The van der Waals surface area contributed by atoms with Crippen molar-refractivity contribution in [2.24, 2.45) is 5.73 Å². The molecule has 1 atom stereocenters. The molecule has 1 saturated heterocycles. The van der Waals surface area contributed by atoms with Gasteiger partial charge in [-0.15, -0.1) is 0 Å². The van der Waals surface area contributed by atoms with Gasteiger partial charge < -0.3 is 10.5 Å². The van der Waals surface area contributed by atoms with Gasteiger partial charge in [0.05, 0.1) is 7.11 Å². The lowest BCUT2D eigenvalue weighted by Crippen LogP contribution is -2.34. The molecule has 1 heterocycles. The van der Waals surface area contributed by atoms with Gasteiger partial charge in [-0.1, -0.05) is 19.8 Å². The summed E-state index contributed by atoms with van der Waals surface area (Å²) in [5.74, 6) is 1.00. The van der Waals surface area contributed by atoms with E-state index in [2.05, 4.69) is 11.8 Å². The van der Waals surface area contributed by atoms with E-state index in [0.717, 1.165) is 30.0 Å². The summed E-state index contributed by atoms with van der Waals surface area (Å²) >= 11 is 0. The standard InChI is InChI=1S/C17H27N3O/c1-3-15-7-5-4-6-10-20(15)12-14-11-13(17(18)19)8-9-16(14)21-2/h8-9,11,15H,3-7,10,12H2,1-2H3,(H3,18,19). The molecule has 2 rings (SSSR count). The number of nitrogens with two attached hydrogens (primary N) is 1. The van der Waals surface area contributed by atoms with Crippen molar-refractivity contribution in [2.75, 3.05) is 13.7 Å². The van der Waals surface area contributed by atoms with Gasteiger partial charge in [-0.05, 0) is 44.0 Å². The van der Waals surface area contributed by atoms with Gasteiger partial charge in [-0.25, -0.2) is 0 Å². The molecule has 4 nitrogen and oxygen atoms in total. The summed E-state index contributed by atoms with van der Waals surface area (Å²) in [4.78, 5) is 2.56. The number of hydrogen-bond acceptors (Lipinski definition) is 3. The lowest BCUT2D eigenvalue weighted by molar-refractivity contribution is 0.184. The van der Waals surface area contributed by atoms with E-state index in [4.69, 9.17) is 15.9 Å². The van der Waals surface area contributed by atoms with Crippen molar-refractivity contribution in [2.45, 2.75) is 51.6 Å². The quantitative estimate of drug-likeness (QED) is 0.646. The third-order valence-electron chi connectivity index (χ3n) is 4.44. The average molecular weight is 289 g/mol. The largest absolute Gasteiger partial charge is 0.496 e. The minimum Gasteiger partial charge on any atom is -0.496 e. The summed E-state index contributed by atoms with van der Waals surface area (Å²) in [6.45, 7) is 4.29. The monoisotopic (exact) mass is 289 g/mol. The zero-order valence-electron chi connectivity index (χ0n) is 13.2. The molecule has 0 amide bonds. The summed E-state index contributed by atoms with van der Waals surface area (Å²) in [6.07, 6.45) is 6.41. The zero-order valence-corrected chi connectivity index (χ0v) is 13.2. The molecule has 1 unspecified atom stereocenters. The number of nitrogen functional groups attached to an aromatic ring is 1. The van der Waals surface area contributed by atoms with E-state index in [1.54, 1.807) is 7.11 Å². The fourth-order valence-electron chi connectivity index (χ4n) is 3.20. The smallest absolute Gasteiger partial charge is 0.123 e. The Morgan fingerprint density at radius 2 is 2.19 bits per heavy atom. The first kappa shape index (κ1) is 15.8. The molecule has 3 N–H and O–H groups in total. The van der Waals surface area contributed by atoms with Crippen molar-refractivity contribution in [3.8, 4) is 5.75 Å². The van der Waals surface area contributed by atoms with Crippen LogP contribution in [0, 0.1) is 5.41 Å². The van der Waals surface area contributed by atoms with Crippen LogP contribution in [0.2, 0.25) is 0 Å². The van der Waals surface area contributed by atoms with E-state index in [0.29, 0.717) is 6.04 Å². The van der Waals surface area contributed by atoms with Gasteiger partial charge in [0.2, 0.25) is 0 Å². The van der Waals surface area contributed by atoms with Crippen LogP contribution in [0.3, 0.4) is 0 Å². The Bertz CT molecular complexity index is 487. The van der Waals surface area contributed by atoms with Gasteiger partial charge in [-0.2, -0.15) is 0 Å². The molecule has 1 fully saturated rings. The van der Waals surface area contributed by atoms with E-state index in [9.17, 15) is 0 Å². The van der Waals surface area contributed by atoms with Gasteiger partial charge in [0, 0.05) is 23.7 Å². The topological polar surface area (TPSA) is 62.3 Å². The number of nitrogens with zero attached hydrogens (tertiary/aromatic N) is 1. The molecule has 0 saturated carbocycles. The van der Waals surface area contributed by atoms with Crippen LogP contribution in [0.4, 0.5) is 0 Å². The Morgan fingerprint density at radius 3 is 2.86 bits per heavy atom. The number of methoxy groups -OCH3 is 1. The van der Waals surface area contributed by atoms with E-state index < -0.39 is 0 Å². The second-order valence-electron chi connectivity index (χ2n) is 5.82. The van der Waals surface area contributed by atoms with Crippen molar-refractivity contribution in [3.63, 3.8) is 0 Å². The fourth-order valence-corrected chi connectivity index (χ4v) is 3.20. The van der Waals surface area contributed by atoms with Gasteiger partial charge >= 0.3 is 0 Å². The highest BCUT2D eigenvalue weighted by Crippen LogP contribution is 2.26. The first-order chi connectivity index (χ1) is 10.2. The maximum Gasteiger partial charge on any atom is 0.123 e. The van der Waals surface area contributed by atoms with Crippen molar-refractivity contribution < 1.29 is 4.74 Å². The highest BCUT2D eigenvalue weighted by atomic mass is 16.5. The van der Waals surface area contributed by atoms with Crippen LogP contribution >= 0.6 is 0 Å². The zero-order chi connectivity index (χ0) is 15.2. The van der Waals surface area contributed by atoms with Gasteiger partial charge in [0.1, 0.15) is 11.6 Å². The van der Waals surface area contributed by atoms with Gasteiger partial charge in [0.25, 0.3) is 0 Å². The summed E-state index contributed by atoms with van der Waals surface area (Å²) in [5.41, 5.74) is 7.52. The first-order valence-corrected chi connectivity index (χ1v) is 7.91. The van der Waals surface area contributed by atoms with E-state index in [-0.39, 0.29) is 5.84 Å². The van der Waals surface area contributed by atoms with Crippen molar-refractivity contribution in [1.82, 2.24) is 4.90 Å². The number of rotatable bonds is 5. The van der Waals surface area contributed by atoms with Crippen LogP contribution in [0.15, 0.2) is 18.2 Å². The molecule has 1 aliphatic heterocycles. The second-order valence-corrected chi connectivity index (χ2v) is 5.82. The number of nitrogens with one attached hydrogen (secondary N) is 1. The van der Waals surface area contributed by atoms with Crippen molar-refractivity contribution in [3.05, 3.63) is 29.3 Å². The number of likely N-dealkylation sites (tertiary alicyclic amines) is 1. The molecule has 0 radical (unpaired) electrons. The summed E-state index contributed by atoms with van der Waals surface area (Å²) in [6, 6.07) is 6.42. The fraction of sp³-hybridized carbons (Fsp3) is 0.588. The molecule has 1 aliphatic rings. The molecule has 0 aliphatic carbocycles. The summed E-state index contributed by atoms with van der Waals surface area (Å²) < 4.78 is 5.48. The molecular formula is C17H27N3O. The number of hydrogen-bond donors (Lipinski definition) is 2.